The molecule has 19 heavy (non-hydrogen) atoms. The first-order valence-electron chi connectivity index (χ1n) is 5.80. The average molecular weight is 266 g/mol. The molecule has 0 spiro atoms. The van der Waals surface area contributed by atoms with Crippen LogP contribution in [0.3, 0.4) is 0 Å². The summed E-state index contributed by atoms with van der Waals surface area (Å²) in [6, 6.07) is 0. The van der Waals surface area contributed by atoms with Crippen molar-refractivity contribution < 1.29 is 9.90 Å². The van der Waals surface area contributed by atoms with Crippen LogP contribution >= 0.6 is 0 Å². The van der Waals surface area contributed by atoms with E-state index in [1.165, 1.54) is 18.7 Å². The molecule has 8 heteroatoms. The molecule has 2 rings (SSSR count). The van der Waals surface area contributed by atoms with Gasteiger partial charge in [0, 0.05) is 20.5 Å². The Morgan fingerprint density at radius 2 is 1.89 bits per heavy atom. The molecule has 0 saturated carbocycles. The van der Waals surface area contributed by atoms with Crippen molar-refractivity contribution in [1.82, 2.24) is 18.7 Å². The van der Waals surface area contributed by atoms with Gasteiger partial charge in [-0.1, -0.05) is 6.92 Å². The second-order valence-electron chi connectivity index (χ2n) is 4.27. The van der Waals surface area contributed by atoms with Gasteiger partial charge in [-0.05, 0) is 6.42 Å². The van der Waals surface area contributed by atoms with Gasteiger partial charge in [-0.2, -0.15) is 0 Å². The van der Waals surface area contributed by atoms with Crippen molar-refractivity contribution in [3.63, 3.8) is 0 Å². The zero-order chi connectivity index (χ0) is 14.3. The summed E-state index contributed by atoms with van der Waals surface area (Å²) in [6.07, 6.45) is -0.176. The van der Waals surface area contributed by atoms with E-state index >= 15 is 0 Å². The van der Waals surface area contributed by atoms with E-state index in [1.54, 1.807) is 0 Å². The van der Waals surface area contributed by atoms with Crippen LogP contribution in [0.15, 0.2) is 9.59 Å². The highest BCUT2D eigenvalue weighted by molar-refractivity contribution is 5.84. The van der Waals surface area contributed by atoms with Crippen LogP contribution in [0.5, 0.6) is 0 Å². The standard InChI is InChI=1S/C11H14N4O4/c1-4-5-6-12-8-7(15(6)11(18)19)9(16)14(3)10(17)13(8)2/h4-5H2,1-3H3,(H,18,19). The Kier molecular flexibility index (Phi) is 3.01. The van der Waals surface area contributed by atoms with Gasteiger partial charge in [-0.15, -0.1) is 0 Å². The summed E-state index contributed by atoms with van der Waals surface area (Å²) >= 11 is 0. The van der Waals surface area contributed by atoms with Gasteiger partial charge in [0.2, 0.25) is 0 Å². The SMILES string of the molecule is CCCc1nc2c(c(=O)n(C)c(=O)n2C)n1C(=O)O. The molecule has 0 aromatic carbocycles. The highest BCUT2D eigenvalue weighted by atomic mass is 16.4. The van der Waals surface area contributed by atoms with Gasteiger partial charge in [0.15, 0.2) is 11.2 Å². The zero-order valence-electron chi connectivity index (χ0n) is 10.9. The molecule has 0 aliphatic rings. The number of aryl methyl sites for hydroxylation is 2. The van der Waals surface area contributed by atoms with Crippen LogP contribution < -0.4 is 11.2 Å². The Labute approximate surface area is 107 Å². The molecule has 102 valence electrons. The Morgan fingerprint density at radius 1 is 1.26 bits per heavy atom. The molecule has 8 nitrogen and oxygen atoms in total. The fourth-order valence-electron chi connectivity index (χ4n) is 2.04. The third kappa shape index (κ3) is 1.76. The molecule has 0 aliphatic carbocycles. The number of carbonyl (C=O) groups is 1. The smallest absolute Gasteiger partial charge is 0.417 e. The minimum absolute atomic E-state index is 0.0828. The fourth-order valence-corrected chi connectivity index (χ4v) is 2.04. The van der Waals surface area contributed by atoms with E-state index in [0.717, 1.165) is 9.13 Å². The Bertz CT molecular complexity index is 781. The summed E-state index contributed by atoms with van der Waals surface area (Å²) in [5, 5.41) is 9.24. The van der Waals surface area contributed by atoms with Gasteiger partial charge in [-0.25, -0.2) is 19.1 Å². The topological polar surface area (TPSA) is 99.1 Å². The van der Waals surface area contributed by atoms with Crippen LogP contribution in [0, 0.1) is 0 Å². The average Bonchev–Trinajstić information content (AvgIpc) is 2.74. The number of nitrogens with zero attached hydrogens (tertiary/aromatic N) is 4. The van der Waals surface area contributed by atoms with E-state index in [1.807, 2.05) is 6.92 Å². The zero-order valence-corrected chi connectivity index (χ0v) is 10.9. The van der Waals surface area contributed by atoms with E-state index in [0.29, 0.717) is 12.8 Å². The van der Waals surface area contributed by atoms with Crippen LogP contribution in [0.2, 0.25) is 0 Å². The lowest BCUT2D eigenvalue weighted by Gasteiger charge is -2.04. The van der Waals surface area contributed by atoms with Crippen molar-refractivity contribution >= 4 is 17.3 Å². The molecular formula is C11H14N4O4. The number of carboxylic acid groups (broad SMARTS) is 1. The van der Waals surface area contributed by atoms with Crippen LogP contribution in [0.4, 0.5) is 4.79 Å². The van der Waals surface area contributed by atoms with E-state index in [4.69, 9.17) is 0 Å². The molecule has 0 radical (unpaired) electrons. The minimum atomic E-state index is -1.28. The second-order valence-corrected chi connectivity index (χ2v) is 4.27. The minimum Gasteiger partial charge on any atom is -0.464 e. The normalized spacial score (nSPS) is 11.1. The van der Waals surface area contributed by atoms with Gasteiger partial charge in [0.1, 0.15) is 5.82 Å². The number of fused-ring (bicyclic) bond motifs is 1. The van der Waals surface area contributed by atoms with Crippen LogP contribution in [0.25, 0.3) is 11.2 Å². The van der Waals surface area contributed by atoms with Crippen LogP contribution in [0.1, 0.15) is 19.2 Å². The number of rotatable bonds is 2. The predicted molar refractivity (Wildman–Crippen MR) is 67.6 cm³/mol. The Hall–Kier alpha value is -2.38. The number of aromatic nitrogens is 4. The molecule has 2 aromatic heterocycles. The monoisotopic (exact) mass is 266 g/mol. The molecular weight excluding hydrogens is 252 g/mol. The largest absolute Gasteiger partial charge is 0.464 e. The lowest BCUT2D eigenvalue weighted by Crippen LogP contribution is -2.38. The lowest BCUT2D eigenvalue weighted by molar-refractivity contribution is 0.196. The van der Waals surface area contributed by atoms with Crippen molar-refractivity contribution in [3.05, 3.63) is 26.7 Å². The van der Waals surface area contributed by atoms with Crippen LogP contribution in [-0.4, -0.2) is 29.9 Å². The number of imidazole rings is 1. The van der Waals surface area contributed by atoms with E-state index in [-0.39, 0.29) is 17.0 Å². The highest BCUT2D eigenvalue weighted by Gasteiger charge is 2.21. The fraction of sp³-hybridized carbons (Fsp3) is 0.455. The van der Waals surface area contributed by atoms with Crippen molar-refractivity contribution in [2.45, 2.75) is 19.8 Å². The molecule has 2 aromatic rings. The van der Waals surface area contributed by atoms with Crippen molar-refractivity contribution in [3.8, 4) is 0 Å². The molecule has 0 aliphatic heterocycles. The molecule has 0 bridgehead atoms. The molecule has 0 fully saturated rings. The molecule has 0 saturated heterocycles. The number of hydrogen-bond acceptors (Lipinski definition) is 4. The van der Waals surface area contributed by atoms with Gasteiger partial charge in [0.05, 0.1) is 0 Å². The molecule has 0 atom stereocenters. The van der Waals surface area contributed by atoms with Gasteiger partial charge in [-0.3, -0.25) is 13.9 Å². The molecule has 0 unspecified atom stereocenters. The van der Waals surface area contributed by atoms with Crippen LogP contribution in [-0.2, 0) is 20.5 Å². The van der Waals surface area contributed by atoms with E-state index < -0.39 is 17.3 Å². The predicted octanol–water partition coefficient (Wildman–Crippen LogP) is -0.0877. The van der Waals surface area contributed by atoms with Gasteiger partial charge >= 0.3 is 11.8 Å². The first kappa shape index (κ1) is 13.1. The third-order valence-corrected chi connectivity index (χ3v) is 2.99. The van der Waals surface area contributed by atoms with Gasteiger partial charge in [0.25, 0.3) is 5.56 Å². The summed E-state index contributed by atoms with van der Waals surface area (Å²) in [7, 11) is 2.77. The van der Waals surface area contributed by atoms with E-state index in [9.17, 15) is 19.5 Å². The quantitative estimate of drug-likeness (QED) is 0.819. The first-order valence-corrected chi connectivity index (χ1v) is 5.80. The molecule has 1 N–H and O–H groups in total. The maximum atomic E-state index is 12.1. The summed E-state index contributed by atoms with van der Waals surface area (Å²) in [5.74, 6) is 0.267. The van der Waals surface area contributed by atoms with Crippen molar-refractivity contribution in [2.24, 2.45) is 14.1 Å². The maximum absolute atomic E-state index is 12.1. The lowest BCUT2D eigenvalue weighted by atomic mass is 10.3. The Morgan fingerprint density at radius 3 is 2.42 bits per heavy atom. The molecule has 2 heterocycles. The third-order valence-electron chi connectivity index (χ3n) is 2.99. The first-order chi connectivity index (χ1) is 8.90. The van der Waals surface area contributed by atoms with Crippen molar-refractivity contribution in [2.75, 3.05) is 0 Å². The Balaban J connectivity index is 3.05. The summed E-state index contributed by atoms with van der Waals surface area (Å²) in [5.41, 5.74) is -1.18. The van der Waals surface area contributed by atoms with E-state index in [2.05, 4.69) is 4.98 Å². The van der Waals surface area contributed by atoms with Gasteiger partial charge < -0.3 is 5.11 Å². The summed E-state index contributed by atoms with van der Waals surface area (Å²) in [4.78, 5) is 39.3. The highest BCUT2D eigenvalue weighted by Crippen LogP contribution is 2.12. The summed E-state index contributed by atoms with van der Waals surface area (Å²) < 4.78 is 2.91. The molecule has 0 amide bonds. The second kappa shape index (κ2) is 4.38. The summed E-state index contributed by atoms with van der Waals surface area (Å²) in [6.45, 7) is 1.88. The maximum Gasteiger partial charge on any atom is 0.417 e. The number of hydrogen-bond donors (Lipinski definition) is 1. The van der Waals surface area contributed by atoms with Crippen molar-refractivity contribution in [1.29, 1.82) is 0 Å².